The second-order valence-corrected chi connectivity index (χ2v) is 3.76. The Kier molecular flexibility index (Phi) is 3.07. The molecule has 0 amide bonds. The molecule has 80 valence electrons. The largest absolute Gasteiger partial charge is 0.494 e. The number of ether oxygens (including phenoxy) is 1. The van der Waals surface area contributed by atoms with E-state index in [1.165, 1.54) is 11.1 Å². The van der Waals surface area contributed by atoms with Crippen LogP contribution in [0.25, 0.3) is 5.57 Å². The zero-order valence-electron chi connectivity index (χ0n) is 8.94. The summed E-state index contributed by atoms with van der Waals surface area (Å²) >= 11 is 0. The van der Waals surface area contributed by atoms with Crippen LogP contribution in [0.4, 0.5) is 0 Å². The molecule has 1 aromatic carbocycles. The zero-order chi connectivity index (χ0) is 10.7. The number of allylic oxidation sites excluding steroid dienone is 1. The minimum absolute atomic E-state index is 0.258. The average Bonchev–Trinajstić information content (AvgIpc) is 2.67. The molecule has 0 fully saturated rings. The Balaban J connectivity index is 2.13. The van der Waals surface area contributed by atoms with Gasteiger partial charge in [-0.2, -0.15) is 0 Å². The normalized spacial score (nSPS) is 20.1. The fourth-order valence-electron chi connectivity index (χ4n) is 1.87. The number of hydrogen-bond acceptors (Lipinski definition) is 2. The molecule has 0 spiro atoms. The van der Waals surface area contributed by atoms with E-state index < -0.39 is 0 Å². The Bertz CT molecular complexity index is 351. The molecule has 1 unspecified atom stereocenters. The van der Waals surface area contributed by atoms with Crippen molar-refractivity contribution < 1.29 is 9.84 Å². The molecule has 0 aliphatic heterocycles. The zero-order valence-corrected chi connectivity index (χ0v) is 8.94. The Morgan fingerprint density at radius 1 is 1.33 bits per heavy atom. The van der Waals surface area contributed by atoms with E-state index in [1.54, 1.807) is 0 Å². The highest BCUT2D eigenvalue weighted by Gasteiger charge is 2.13. The average molecular weight is 204 g/mol. The van der Waals surface area contributed by atoms with E-state index in [2.05, 4.69) is 12.1 Å². The van der Waals surface area contributed by atoms with Gasteiger partial charge in [0.05, 0.1) is 12.7 Å². The maximum absolute atomic E-state index is 9.40. The third kappa shape index (κ3) is 2.39. The standard InChI is InChI=1S/C13H16O2/c1-2-15-13-7-4-10(5-8-13)11-3-6-12(14)9-11/h4-5,7-9,12,14H,2-3,6H2,1H3. The monoisotopic (exact) mass is 204 g/mol. The van der Waals surface area contributed by atoms with E-state index in [9.17, 15) is 5.11 Å². The summed E-state index contributed by atoms with van der Waals surface area (Å²) in [4.78, 5) is 0. The van der Waals surface area contributed by atoms with Crippen molar-refractivity contribution in [1.29, 1.82) is 0 Å². The lowest BCUT2D eigenvalue weighted by Gasteiger charge is -2.05. The summed E-state index contributed by atoms with van der Waals surface area (Å²) in [6.07, 6.45) is 3.50. The summed E-state index contributed by atoms with van der Waals surface area (Å²) in [6, 6.07) is 8.05. The van der Waals surface area contributed by atoms with Crippen LogP contribution in [0.3, 0.4) is 0 Å². The van der Waals surface area contributed by atoms with Crippen molar-refractivity contribution in [2.24, 2.45) is 0 Å². The predicted molar refractivity (Wildman–Crippen MR) is 60.8 cm³/mol. The summed E-state index contributed by atoms with van der Waals surface area (Å²) in [5.41, 5.74) is 2.43. The molecule has 2 rings (SSSR count). The van der Waals surface area contributed by atoms with E-state index in [-0.39, 0.29) is 6.10 Å². The third-order valence-electron chi connectivity index (χ3n) is 2.64. The van der Waals surface area contributed by atoms with E-state index in [0.29, 0.717) is 6.61 Å². The number of hydrogen-bond donors (Lipinski definition) is 1. The highest BCUT2D eigenvalue weighted by molar-refractivity contribution is 5.68. The van der Waals surface area contributed by atoms with E-state index in [0.717, 1.165) is 18.6 Å². The molecule has 2 heteroatoms. The first-order valence-corrected chi connectivity index (χ1v) is 5.41. The van der Waals surface area contributed by atoms with Crippen molar-refractivity contribution in [3.05, 3.63) is 35.9 Å². The van der Waals surface area contributed by atoms with Crippen LogP contribution in [0.15, 0.2) is 30.3 Å². The Labute approximate surface area is 90.2 Å². The van der Waals surface area contributed by atoms with Gasteiger partial charge in [0, 0.05) is 0 Å². The van der Waals surface area contributed by atoms with Crippen LogP contribution in [0, 0.1) is 0 Å². The molecular weight excluding hydrogens is 188 g/mol. The minimum atomic E-state index is -0.258. The highest BCUT2D eigenvalue weighted by atomic mass is 16.5. The van der Waals surface area contributed by atoms with Crippen LogP contribution >= 0.6 is 0 Å². The molecule has 1 atom stereocenters. The topological polar surface area (TPSA) is 29.5 Å². The molecule has 0 saturated carbocycles. The summed E-state index contributed by atoms with van der Waals surface area (Å²) in [7, 11) is 0. The molecular formula is C13H16O2. The van der Waals surface area contributed by atoms with E-state index in [1.807, 2.05) is 25.1 Å². The first-order valence-electron chi connectivity index (χ1n) is 5.41. The SMILES string of the molecule is CCOc1ccc(C2=CC(O)CC2)cc1. The highest BCUT2D eigenvalue weighted by Crippen LogP contribution is 2.28. The van der Waals surface area contributed by atoms with Crippen LogP contribution in [0.5, 0.6) is 5.75 Å². The molecule has 15 heavy (non-hydrogen) atoms. The second-order valence-electron chi connectivity index (χ2n) is 3.76. The van der Waals surface area contributed by atoms with Gasteiger partial charge in [-0.05, 0) is 43.0 Å². The van der Waals surface area contributed by atoms with Gasteiger partial charge in [-0.3, -0.25) is 0 Å². The fraction of sp³-hybridized carbons (Fsp3) is 0.385. The molecule has 2 nitrogen and oxygen atoms in total. The molecule has 1 aliphatic carbocycles. The maximum atomic E-state index is 9.40. The number of rotatable bonds is 3. The van der Waals surface area contributed by atoms with Crippen LogP contribution in [0.1, 0.15) is 25.3 Å². The Morgan fingerprint density at radius 3 is 2.60 bits per heavy atom. The van der Waals surface area contributed by atoms with Crippen molar-refractivity contribution in [1.82, 2.24) is 0 Å². The maximum Gasteiger partial charge on any atom is 0.119 e. The van der Waals surface area contributed by atoms with Crippen molar-refractivity contribution >= 4 is 5.57 Å². The lowest BCUT2D eigenvalue weighted by molar-refractivity contribution is 0.223. The third-order valence-corrected chi connectivity index (χ3v) is 2.64. The summed E-state index contributed by atoms with van der Waals surface area (Å²) in [6.45, 7) is 2.67. The van der Waals surface area contributed by atoms with Crippen LogP contribution in [-0.4, -0.2) is 17.8 Å². The van der Waals surface area contributed by atoms with Gasteiger partial charge in [-0.25, -0.2) is 0 Å². The summed E-state index contributed by atoms with van der Waals surface area (Å²) in [5.74, 6) is 0.903. The first-order chi connectivity index (χ1) is 7.29. The molecule has 0 radical (unpaired) electrons. The van der Waals surface area contributed by atoms with Crippen molar-refractivity contribution in [3.8, 4) is 5.75 Å². The molecule has 1 aliphatic rings. The van der Waals surface area contributed by atoms with Crippen LogP contribution in [-0.2, 0) is 0 Å². The van der Waals surface area contributed by atoms with Gasteiger partial charge in [0.15, 0.2) is 0 Å². The van der Waals surface area contributed by atoms with Crippen molar-refractivity contribution in [3.63, 3.8) is 0 Å². The van der Waals surface area contributed by atoms with Crippen LogP contribution in [0.2, 0.25) is 0 Å². The predicted octanol–water partition coefficient (Wildman–Crippen LogP) is 2.62. The second kappa shape index (κ2) is 4.49. The lowest BCUT2D eigenvalue weighted by Crippen LogP contribution is -1.93. The molecule has 0 heterocycles. The van der Waals surface area contributed by atoms with Gasteiger partial charge < -0.3 is 9.84 Å². The van der Waals surface area contributed by atoms with E-state index >= 15 is 0 Å². The van der Waals surface area contributed by atoms with Gasteiger partial charge in [0.2, 0.25) is 0 Å². The summed E-state index contributed by atoms with van der Waals surface area (Å²) < 4.78 is 5.38. The van der Waals surface area contributed by atoms with Gasteiger partial charge in [0.25, 0.3) is 0 Å². The molecule has 0 bridgehead atoms. The molecule has 1 aromatic rings. The van der Waals surface area contributed by atoms with Crippen molar-refractivity contribution in [2.75, 3.05) is 6.61 Å². The first kappa shape index (κ1) is 10.2. The Hall–Kier alpha value is -1.28. The minimum Gasteiger partial charge on any atom is -0.494 e. The van der Waals surface area contributed by atoms with Gasteiger partial charge in [-0.15, -0.1) is 0 Å². The van der Waals surface area contributed by atoms with Crippen molar-refractivity contribution in [2.45, 2.75) is 25.9 Å². The lowest BCUT2D eigenvalue weighted by atomic mass is 10.1. The number of aliphatic hydroxyl groups is 1. The quantitative estimate of drug-likeness (QED) is 0.820. The molecule has 0 saturated heterocycles. The van der Waals surface area contributed by atoms with Crippen LogP contribution < -0.4 is 4.74 Å². The molecule has 0 aromatic heterocycles. The fourth-order valence-corrected chi connectivity index (χ4v) is 1.87. The number of aliphatic hydroxyl groups excluding tert-OH is 1. The molecule has 1 N–H and O–H groups in total. The van der Waals surface area contributed by atoms with E-state index in [4.69, 9.17) is 4.74 Å². The summed E-state index contributed by atoms with van der Waals surface area (Å²) in [5, 5.41) is 9.40. The number of benzene rings is 1. The smallest absolute Gasteiger partial charge is 0.119 e. The van der Waals surface area contributed by atoms with Gasteiger partial charge >= 0.3 is 0 Å². The van der Waals surface area contributed by atoms with Gasteiger partial charge in [0.1, 0.15) is 5.75 Å². The van der Waals surface area contributed by atoms with Gasteiger partial charge in [-0.1, -0.05) is 18.2 Å². The Morgan fingerprint density at radius 2 is 2.07 bits per heavy atom.